The van der Waals surface area contributed by atoms with Crippen molar-refractivity contribution in [3.63, 3.8) is 0 Å². The molecule has 1 aromatic rings. The molecule has 0 aromatic heterocycles. The molecule has 2 aliphatic carbocycles. The average Bonchev–Trinajstić information content (AvgIpc) is 2.96. The third kappa shape index (κ3) is 2.08. The number of urea groups is 1. The van der Waals surface area contributed by atoms with Gasteiger partial charge in [-0.15, -0.1) is 0 Å². The fourth-order valence-corrected chi connectivity index (χ4v) is 3.47. The van der Waals surface area contributed by atoms with Crippen LogP contribution in [0.3, 0.4) is 0 Å². The summed E-state index contributed by atoms with van der Waals surface area (Å²) in [4.78, 5) is 11.7. The highest BCUT2D eigenvalue weighted by Gasteiger charge is 2.24. The summed E-state index contributed by atoms with van der Waals surface area (Å²) in [5.41, 5.74) is 6.57. The maximum absolute atomic E-state index is 11.7. The van der Waals surface area contributed by atoms with Crippen LogP contribution in [0.2, 0.25) is 0 Å². The molecule has 0 saturated carbocycles. The summed E-state index contributed by atoms with van der Waals surface area (Å²) in [5.74, 6) is 0. The predicted octanol–water partition coefficient (Wildman–Crippen LogP) is 3.59. The van der Waals surface area contributed by atoms with Gasteiger partial charge in [0.1, 0.15) is 0 Å². The minimum atomic E-state index is -0.232. The van der Waals surface area contributed by atoms with E-state index in [4.69, 9.17) is 10.7 Å². The first-order valence-electron chi connectivity index (χ1n) is 6.30. The Kier molecular flexibility index (Phi) is 3.39. The highest BCUT2D eigenvalue weighted by molar-refractivity contribution is 8.19. The van der Waals surface area contributed by atoms with Crippen molar-refractivity contribution >= 4 is 33.6 Å². The Bertz CT molecular complexity index is 472. The Hall–Kier alpha value is -0.870. The van der Waals surface area contributed by atoms with Crippen LogP contribution in [0.4, 0.5) is 10.5 Å². The van der Waals surface area contributed by atoms with E-state index in [0.29, 0.717) is 0 Å². The number of aryl methyl sites for hydroxylation is 2. The third-order valence-corrected chi connectivity index (χ3v) is 4.34. The number of nitrogens with one attached hydrogen (secondary N) is 2. The van der Waals surface area contributed by atoms with Crippen LogP contribution in [0.5, 0.6) is 0 Å². The zero-order chi connectivity index (χ0) is 12.5. The van der Waals surface area contributed by atoms with Gasteiger partial charge in [0, 0.05) is 5.69 Å². The van der Waals surface area contributed by atoms with E-state index < -0.39 is 0 Å². The molecule has 2 aliphatic rings. The lowest BCUT2D eigenvalue weighted by atomic mass is 9.99. The average molecular weight is 283 g/mol. The molecular weight excluding hydrogens is 268 g/mol. The lowest BCUT2D eigenvalue weighted by molar-refractivity contribution is 0.257. The lowest BCUT2D eigenvalue weighted by Gasteiger charge is -2.15. The molecule has 0 bridgehead atoms. The van der Waals surface area contributed by atoms with Crippen LogP contribution in [0.15, 0.2) is 6.07 Å². The van der Waals surface area contributed by atoms with Crippen molar-refractivity contribution in [2.24, 2.45) is 0 Å². The quantitative estimate of drug-likeness (QED) is 0.814. The summed E-state index contributed by atoms with van der Waals surface area (Å²) in [5, 5.41) is 2.99. The number of carbonyl (C=O) groups is 1. The summed E-state index contributed by atoms with van der Waals surface area (Å²) in [6.07, 6.45) is 6.82. The number of fused-ring (bicyclic) bond motifs is 2. The van der Waals surface area contributed by atoms with E-state index in [1.54, 1.807) is 0 Å². The molecule has 3 nitrogen and oxygen atoms in total. The van der Waals surface area contributed by atoms with Crippen LogP contribution in [0, 0.1) is 0 Å². The first-order valence-corrected chi connectivity index (χ1v) is 7.95. The molecule has 0 heterocycles. The number of carbonyl (C=O) groups excluding carboxylic acids is 1. The molecule has 1 aromatic carbocycles. The van der Waals surface area contributed by atoms with Gasteiger partial charge in [0.2, 0.25) is 0 Å². The molecule has 2 N–H and O–H groups in total. The van der Waals surface area contributed by atoms with Crippen LogP contribution >= 0.6 is 21.8 Å². The van der Waals surface area contributed by atoms with Crippen LogP contribution in [0.25, 0.3) is 0 Å². The highest BCUT2D eigenvalue weighted by Crippen LogP contribution is 2.38. The van der Waals surface area contributed by atoms with Crippen LogP contribution < -0.4 is 10.0 Å². The van der Waals surface area contributed by atoms with Gasteiger partial charge in [-0.3, -0.25) is 4.72 Å². The molecule has 0 saturated heterocycles. The Morgan fingerprint density at radius 2 is 1.72 bits per heavy atom. The molecule has 0 spiro atoms. The van der Waals surface area contributed by atoms with Crippen molar-refractivity contribution in [3.8, 4) is 0 Å². The van der Waals surface area contributed by atoms with Gasteiger partial charge in [-0.1, -0.05) is 6.07 Å². The minimum Gasteiger partial charge on any atom is -0.307 e. The summed E-state index contributed by atoms with van der Waals surface area (Å²) in [6.45, 7) is 0. The van der Waals surface area contributed by atoms with Gasteiger partial charge in [-0.05, 0) is 71.5 Å². The molecule has 3 rings (SSSR count). The fraction of sp³-hybridized carbons (Fsp3) is 0.462. The molecule has 96 valence electrons. The van der Waals surface area contributed by atoms with E-state index in [0.717, 1.165) is 42.5 Å². The molecule has 0 fully saturated rings. The standard InChI is InChI=1S/C13H15ClN2OS/c14-18-16-13(17)15-12-10-5-1-3-8(10)7-9-4-2-6-11(9)12/h7H,1-6H2,(H2,15,16,17). The lowest BCUT2D eigenvalue weighted by Crippen LogP contribution is -2.23. The largest absolute Gasteiger partial charge is 0.330 e. The van der Waals surface area contributed by atoms with E-state index in [1.807, 2.05) is 0 Å². The van der Waals surface area contributed by atoms with Gasteiger partial charge in [0.15, 0.2) is 0 Å². The molecule has 0 aliphatic heterocycles. The van der Waals surface area contributed by atoms with E-state index in [2.05, 4.69) is 16.1 Å². The Morgan fingerprint density at radius 1 is 1.11 bits per heavy atom. The second-order valence-electron chi connectivity index (χ2n) is 4.87. The second kappa shape index (κ2) is 5.02. The Morgan fingerprint density at radius 3 is 2.28 bits per heavy atom. The molecule has 2 amide bonds. The summed E-state index contributed by atoms with van der Waals surface area (Å²) < 4.78 is 2.51. The maximum atomic E-state index is 11.7. The zero-order valence-corrected chi connectivity index (χ0v) is 11.6. The number of rotatable bonds is 2. The summed E-state index contributed by atoms with van der Waals surface area (Å²) in [7, 11) is 5.44. The molecule has 0 unspecified atom stereocenters. The van der Waals surface area contributed by atoms with Gasteiger partial charge in [0.25, 0.3) is 0 Å². The molecule has 18 heavy (non-hydrogen) atoms. The molecule has 0 radical (unpaired) electrons. The Labute approximate surface area is 115 Å². The topological polar surface area (TPSA) is 41.1 Å². The smallest absolute Gasteiger partial charge is 0.307 e. The highest BCUT2D eigenvalue weighted by atomic mass is 35.7. The van der Waals surface area contributed by atoms with Crippen molar-refractivity contribution < 1.29 is 4.79 Å². The van der Waals surface area contributed by atoms with E-state index >= 15 is 0 Å². The predicted molar refractivity (Wildman–Crippen MR) is 76.1 cm³/mol. The second-order valence-corrected chi connectivity index (χ2v) is 5.69. The number of benzene rings is 1. The third-order valence-electron chi connectivity index (χ3n) is 3.84. The molecular formula is C13H15ClN2OS. The number of amides is 2. The number of hydrogen-bond acceptors (Lipinski definition) is 2. The fourth-order valence-electron chi connectivity index (χ4n) is 3.14. The molecule has 0 atom stereocenters. The maximum Gasteiger partial charge on any atom is 0.330 e. The van der Waals surface area contributed by atoms with Crippen molar-refractivity contribution in [1.82, 2.24) is 4.72 Å². The number of halogens is 1. The van der Waals surface area contributed by atoms with E-state index in [1.165, 1.54) is 35.1 Å². The SMILES string of the molecule is O=C(NSCl)Nc1c2c(cc3c1CCC3)CCC2. The van der Waals surface area contributed by atoms with Gasteiger partial charge in [0.05, 0.1) is 11.2 Å². The van der Waals surface area contributed by atoms with Gasteiger partial charge in [-0.2, -0.15) is 0 Å². The number of anilines is 1. The van der Waals surface area contributed by atoms with Gasteiger partial charge >= 0.3 is 6.03 Å². The normalized spacial score (nSPS) is 16.3. The zero-order valence-electron chi connectivity index (χ0n) is 10.0. The summed E-state index contributed by atoms with van der Waals surface area (Å²) >= 11 is 0.806. The van der Waals surface area contributed by atoms with Crippen molar-refractivity contribution in [2.45, 2.75) is 38.5 Å². The van der Waals surface area contributed by atoms with Gasteiger partial charge in [-0.25, -0.2) is 4.79 Å². The minimum absolute atomic E-state index is 0.232. The van der Waals surface area contributed by atoms with Crippen molar-refractivity contribution in [2.75, 3.05) is 5.32 Å². The van der Waals surface area contributed by atoms with E-state index in [-0.39, 0.29) is 6.03 Å². The summed E-state index contributed by atoms with van der Waals surface area (Å²) in [6, 6.07) is 2.12. The van der Waals surface area contributed by atoms with E-state index in [9.17, 15) is 4.79 Å². The first-order chi connectivity index (χ1) is 8.79. The van der Waals surface area contributed by atoms with Crippen LogP contribution in [-0.4, -0.2) is 6.03 Å². The van der Waals surface area contributed by atoms with Crippen molar-refractivity contribution in [3.05, 3.63) is 28.3 Å². The number of hydrogen-bond donors (Lipinski definition) is 2. The molecule has 5 heteroatoms. The van der Waals surface area contributed by atoms with Crippen LogP contribution in [-0.2, 0) is 25.7 Å². The first kappa shape index (κ1) is 12.2. The van der Waals surface area contributed by atoms with Gasteiger partial charge < -0.3 is 5.32 Å². The Balaban J connectivity index is 1.99. The monoisotopic (exact) mass is 282 g/mol. The van der Waals surface area contributed by atoms with Crippen LogP contribution in [0.1, 0.15) is 35.1 Å². The van der Waals surface area contributed by atoms with Crippen molar-refractivity contribution in [1.29, 1.82) is 0 Å².